The normalized spacial score (nSPS) is 21.2. The molecule has 0 saturated carbocycles. The van der Waals surface area contributed by atoms with Crippen LogP contribution in [0.25, 0.3) is 0 Å². The number of anilines is 1. The summed E-state index contributed by atoms with van der Waals surface area (Å²) in [5.74, 6) is 1.06. The number of halogens is 1. The minimum atomic E-state index is 0. The highest BCUT2D eigenvalue weighted by Crippen LogP contribution is 2.16. The van der Waals surface area contributed by atoms with E-state index in [2.05, 4.69) is 52.4 Å². The Morgan fingerprint density at radius 2 is 1.96 bits per heavy atom. The molecule has 0 radical (unpaired) electrons. The van der Waals surface area contributed by atoms with Crippen molar-refractivity contribution in [2.45, 2.75) is 32.3 Å². The average molecular weight is 458 g/mol. The first kappa shape index (κ1) is 20.3. The molecule has 1 N–H and O–H groups in total. The number of hydrogen-bond donors (Lipinski definition) is 1. The number of guanidine groups is 1. The molecule has 0 amide bonds. The van der Waals surface area contributed by atoms with Crippen molar-refractivity contribution in [3.63, 3.8) is 0 Å². The molecule has 2 heterocycles. The highest BCUT2D eigenvalue weighted by Gasteiger charge is 2.20. The van der Waals surface area contributed by atoms with E-state index < -0.39 is 0 Å². The summed E-state index contributed by atoms with van der Waals surface area (Å²) in [6.45, 7) is 8.94. The number of piperazine rings is 1. The second kappa shape index (κ2) is 10.9. The van der Waals surface area contributed by atoms with E-state index in [0.717, 1.165) is 58.3 Å². The van der Waals surface area contributed by atoms with Gasteiger partial charge in [-0.3, -0.25) is 4.99 Å². The van der Waals surface area contributed by atoms with Gasteiger partial charge in [0.2, 0.25) is 0 Å². The first-order chi connectivity index (χ1) is 11.9. The summed E-state index contributed by atoms with van der Waals surface area (Å²) in [6, 6.07) is 10.7. The summed E-state index contributed by atoms with van der Waals surface area (Å²) in [7, 11) is 0. The van der Waals surface area contributed by atoms with Crippen molar-refractivity contribution in [2.24, 2.45) is 4.99 Å². The van der Waals surface area contributed by atoms with Crippen molar-refractivity contribution in [1.82, 2.24) is 10.2 Å². The Morgan fingerprint density at radius 3 is 2.60 bits per heavy atom. The SMILES string of the molecule is CCNC(=NCCC1CCCO1)N1CCN(c2ccccc2)CC1.I. The summed E-state index contributed by atoms with van der Waals surface area (Å²) < 4.78 is 5.69. The van der Waals surface area contributed by atoms with Crippen molar-refractivity contribution in [3.8, 4) is 0 Å². The fourth-order valence-corrected chi connectivity index (χ4v) is 3.43. The average Bonchev–Trinajstić information content (AvgIpc) is 3.15. The van der Waals surface area contributed by atoms with Gasteiger partial charge < -0.3 is 19.9 Å². The van der Waals surface area contributed by atoms with Crippen LogP contribution in [0.1, 0.15) is 26.2 Å². The maximum Gasteiger partial charge on any atom is 0.194 e. The van der Waals surface area contributed by atoms with Gasteiger partial charge in [0.05, 0.1) is 6.10 Å². The lowest BCUT2D eigenvalue weighted by molar-refractivity contribution is 0.106. The van der Waals surface area contributed by atoms with Crippen LogP contribution in [-0.4, -0.2) is 62.8 Å². The summed E-state index contributed by atoms with van der Waals surface area (Å²) in [6.07, 6.45) is 3.86. The third-order valence-electron chi connectivity index (χ3n) is 4.77. The summed E-state index contributed by atoms with van der Waals surface area (Å²) >= 11 is 0. The fraction of sp³-hybridized carbons (Fsp3) is 0.632. The molecule has 2 aliphatic heterocycles. The minimum Gasteiger partial charge on any atom is -0.378 e. The largest absolute Gasteiger partial charge is 0.378 e. The zero-order chi connectivity index (χ0) is 16.6. The number of rotatable bonds is 5. The van der Waals surface area contributed by atoms with Crippen LogP contribution in [0.5, 0.6) is 0 Å². The lowest BCUT2D eigenvalue weighted by Gasteiger charge is -2.37. The van der Waals surface area contributed by atoms with Crippen LogP contribution in [0.15, 0.2) is 35.3 Å². The third-order valence-corrected chi connectivity index (χ3v) is 4.77. The number of para-hydroxylation sites is 1. The van der Waals surface area contributed by atoms with E-state index in [1.165, 1.54) is 18.5 Å². The summed E-state index contributed by atoms with van der Waals surface area (Å²) in [5.41, 5.74) is 1.32. The van der Waals surface area contributed by atoms with Crippen LogP contribution in [-0.2, 0) is 4.74 Å². The number of benzene rings is 1. The van der Waals surface area contributed by atoms with E-state index in [9.17, 15) is 0 Å². The summed E-state index contributed by atoms with van der Waals surface area (Å²) in [5, 5.41) is 3.45. The Morgan fingerprint density at radius 1 is 1.20 bits per heavy atom. The molecule has 2 fully saturated rings. The van der Waals surface area contributed by atoms with Crippen LogP contribution in [0.3, 0.4) is 0 Å². The third kappa shape index (κ3) is 6.02. The minimum absolute atomic E-state index is 0. The molecule has 25 heavy (non-hydrogen) atoms. The number of ether oxygens (including phenoxy) is 1. The first-order valence-electron chi connectivity index (χ1n) is 9.31. The lowest BCUT2D eigenvalue weighted by Crippen LogP contribution is -2.52. The molecule has 6 heteroatoms. The van der Waals surface area contributed by atoms with E-state index >= 15 is 0 Å². The van der Waals surface area contributed by atoms with Gasteiger partial charge in [-0.2, -0.15) is 0 Å². The summed E-state index contributed by atoms with van der Waals surface area (Å²) in [4.78, 5) is 9.67. The molecule has 1 atom stereocenters. The maximum absolute atomic E-state index is 5.69. The highest BCUT2D eigenvalue weighted by molar-refractivity contribution is 14.0. The standard InChI is InChI=1S/C19H30N4O.HI/c1-2-20-19(21-11-10-18-9-6-16-24-18)23-14-12-22(13-15-23)17-7-4-3-5-8-17;/h3-5,7-8,18H,2,6,9-16H2,1H3,(H,20,21);1H. The van der Waals surface area contributed by atoms with Crippen molar-refractivity contribution >= 4 is 35.6 Å². The van der Waals surface area contributed by atoms with Gasteiger partial charge in [-0.05, 0) is 38.3 Å². The molecule has 0 aromatic heterocycles. The molecule has 1 unspecified atom stereocenters. The molecule has 0 spiro atoms. The maximum atomic E-state index is 5.69. The molecular formula is C19H31IN4O. The van der Waals surface area contributed by atoms with Crippen molar-refractivity contribution in [2.75, 3.05) is 50.8 Å². The molecular weight excluding hydrogens is 427 g/mol. The second-order valence-corrected chi connectivity index (χ2v) is 6.47. The van der Waals surface area contributed by atoms with E-state index in [-0.39, 0.29) is 24.0 Å². The van der Waals surface area contributed by atoms with Gasteiger partial charge in [-0.15, -0.1) is 24.0 Å². The molecule has 140 valence electrons. The number of aliphatic imine (C=N–C) groups is 1. The van der Waals surface area contributed by atoms with Crippen molar-refractivity contribution in [3.05, 3.63) is 30.3 Å². The van der Waals surface area contributed by atoms with Crippen molar-refractivity contribution in [1.29, 1.82) is 0 Å². The Balaban J connectivity index is 0.00000225. The zero-order valence-electron chi connectivity index (χ0n) is 15.2. The van der Waals surface area contributed by atoms with E-state index in [4.69, 9.17) is 9.73 Å². The molecule has 0 aliphatic carbocycles. The van der Waals surface area contributed by atoms with Gasteiger partial charge in [0, 0.05) is 51.6 Å². The van der Waals surface area contributed by atoms with Gasteiger partial charge in [0.1, 0.15) is 0 Å². The Labute approximate surface area is 168 Å². The number of hydrogen-bond acceptors (Lipinski definition) is 3. The molecule has 3 rings (SSSR count). The first-order valence-corrected chi connectivity index (χ1v) is 9.31. The topological polar surface area (TPSA) is 40.1 Å². The molecule has 2 aliphatic rings. The Kier molecular flexibility index (Phi) is 8.81. The zero-order valence-corrected chi connectivity index (χ0v) is 17.5. The quantitative estimate of drug-likeness (QED) is 0.419. The molecule has 1 aromatic rings. The van der Waals surface area contributed by atoms with E-state index in [1.54, 1.807) is 0 Å². The van der Waals surface area contributed by atoms with E-state index in [1.807, 2.05) is 0 Å². The number of nitrogens with zero attached hydrogens (tertiary/aromatic N) is 3. The van der Waals surface area contributed by atoms with Crippen LogP contribution < -0.4 is 10.2 Å². The van der Waals surface area contributed by atoms with Gasteiger partial charge in [-0.25, -0.2) is 0 Å². The smallest absolute Gasteiger partial charge is 0.194 e. The highest BCUT2D eigenvalue weighted by atomic mass is 127. The Bertz CT molecular complexity index is 511. The van der Waals surface area contributed by atoms with Gasteiger partial charge >= 0.3 is 0 Å². The van der Waals surface area contributed by atoms with Gasteiger partial charge in [-0.1, -0.05) is 18.2 Å². The second-order valence-electron chi connectivity index (χ2n) is 6.47. The number of nitrogens with one attached hydrogen (secondary N) is 1. The van der Waals surface area contributed by atoms with Gasteiger partial charge in [0.25, 0.3) is 0 Å². The molecule has 1 aromatic carbocycles. The van der Waals surface area contributed by atoms with E-state index in [0.29, 0.717) is 6.10 Å². The van der Waals surface area contributed by atoms with Crippen LogP contribution in [0, 0.1) is 0 Å². The molecule has 2 saturated heterocycles. The predicted molar refractivity (Wildman–Crippen MR) is 115 cm³/mol. The van der Waals surface area contributed by atoms with Crippen molar-refractivity contribution < 1.29 is 4.74 Å². The molecule has 5 nitrogen and oxygen atoms in total. The predicted octanol–water partition coefficient (Wildman–Crippen LogP) is 2.96. The fourth-order valence-electron chi connectivity index (χ4n) is 3.43. The van der Waals surface area contributed by atoms with Crippen LogP contribution in [0.2, 0.25) is 0 Å². The van der Waals surface area contributed by atoms with Crippen LogP contribution >= 0.6 is 24.0 Å². The van der Waals surface area contributed by atoms with Gasteiger partial charge in [0.15, 0.2) is 5.96 Å². The van der Waals surface area contributed by atoms with Crippen LogP contribution in [0.4, 0.5) is 5.69 Å². The molecule has 0 bridgehead atoms. The monoisotopic (exact) mass is 458 g/mol. The lowest BCUT2D eigenvalue weighted by atomic mass is 10.2. The Hall–Kier alpha value is -1.02.